The van der Waals surface area contributed by atoms with Gasteiger partial charge >= 0.3 is 0 Å². The molecule has 0 aliphatic carbocycles. The van der Waals surface area contributed by atoms with Crippen molar-refractivity contribution in [3.8, 4) is 0 Å². The van der Waals surface area contributed by atoms with Crippen LogP contribution in [0.3, 0.4) is 0 Å². The van der Waals surface area contributed by atoms with Gasteiger partial charge in [0.25, 0.3) is 5.91 Å². The molecule has 1 atom stereocenters. The van der Waals surface area contributed by atoms with Crippen molar-refractivity contribution in [2.24, 2.45) is 5.73 Å². The van der Waals surface area contributed by atoms with Crippen LogP contribution in [0, 0.1) is 5.82 Å². The third kappa shape index (κ3) is 4.35. The first-order valence-electron chi connectivity index (χ1n) is 8.86. The normalized spacial score (nSPS) is 16.6. The average Bonchev–Trinajstić information content (AvgIpc) is 3.06. The van der Waals surface area contributed by atoms with Crippen molar-refractivity contribution in [1.82, 2.24) is 9.97 Å². The van der Waals surface area contributed by atoms with Gasteiger partial charge < -0.3 is 20.9 Å². The summed E-state index contributed by atoms with van der Waals surface area (Å²) in [5.74, 6) is -0.953. The van der Waals surface area contributed by atoms with Gasteiger partial charge in [-0.15, -0.1) is 12.4 Å². The molecule has 29 heavy (non-hydrogen) atoms. The zero-order valence-electron chi connectivity index (χ0n) is 15.2. The van der Waals surface area contributed by atoms with Crippen LogP contribution in [0.4, 0.5) is 15.8 Å². The van der Waals surface area contributed by atoms with Crippen molar-refractivity contribution < 1.29 is 9.18 Å². The second kappa shape index (κ2) is 8.87. The minimum absolute atomic E-state index is 0. The molecule has 4 N–H and O–H groups in total. The number of nitrogens with one attached hydrogen (secondary N) is 2. The summed E-state index contributed by atoms with van der Waals surface area (Å²) in [6.07, 6.45) is 5.42. The molecule has 3 heterocycles. The number of hydrogen-bond acceptors (Lipinski definition) is 4. The molecule has 1 saturated heterocycles. The molecule has 1 fully saturated rings. The number of H-pyrrole nitrogens is 1. The van der Waals surface area contributed by atoms with Gasteiger partial charge in [0.15, 0.2) is 0 Å². The minimum Gasteiger partial charge on any atom is -0.368 e. The molecule has 6 nitrogen and oxygen atoms in total. The van der Waals surface area contributed by atoms with E-state index < -0.39 is 5.82 Å². The number of nitrogens with two attached hydrogens (primary N) is 1. The Kier molecular flexibility index (Phi) is 6.68. The first kappa shape index (κ1) is 21.8. The van der Waals surface area contributed by atoms with Crippen LogP contribution in [0.15, 0.2) is 35.1 Å². The maximum Gasteiger partial charge on any atom is 0.255 e. The molecular formula is C19H19BrCl2FN5O. The predicted molar refractivity (Wildman–Crippen MR) is 120 cm³/mol. The van der Waals surface area contributed by atoms with Gasteiger partial charge in [-0.25, -0.2) is 9.37 Å². The maximum atomic E-state index is 13.4. The molecule has 0 unspecified atom stereocenters. The summed E-state index contributed by atoms with van der Waals surface area (Å²) in [4.78, 5) is 22.4. The number of anilines is 2. The fourth-order valence-corrected chi connectivity index (χ4v) is 4.24. The van der Waals surface area contributed by atoms with E-state index in [1.165, 1.54) is 18.2 Å². The van der Waals surface area contributed by atoms with Crippen molar-refractivity contribution in [2.75, 3.05) is 23.3 Å². The number of benzene rings is 1. The highest BCUT2D eigenvalue weighted by atomic mass is 79.9. The molecule has 0 radical (unpaired) electrons. The summed E-state index contributed by atoms with van der Waals surface area (Å²) in [7, 11) is 0. The number of fused-ring (bicyclic) bond motifs is 1. The lowest BCUT2D eigenvalue weighted by molar-refractivity contribution is 0.102. The number of aromatic amines is 1. The van der Waals surface area contributed by atoms with E-state index >= 15 is 0 Å². The Hall–Kier alpha value is -1.87. The van der Waals surface area contributed by atoms with Gasteiger partial charge in [0.05, 0.1) is 26.3 Å². The van der Waals surface area contributed by atoms with Gasteiger partial charge in [0.2, 0.25) is 0 Å². The lowest BCUT2D eigenvalue weighted by Crippen LogP contribution is -2.43. The van der Waals surface area contributed by atoms with Crippen molar-refractivity contribution in [2.45, 2.75) is 18.9 Å². The molecule has 10 heteroatoms. The molecule has 154 valence electrons. The summed E-state index contributed by atoms with van der Waals surface area (Å²) in [6, 6.07) is 3.97. The lowest BCUT2D eigenvalue weighted by Gasteiger charge is -2.33. The molecule has 1 amide bonds. The Labute approximate surface area is 186 Å². The van der Waals surface area contributed by atoms with Gasteiger partial charge in [-0.05, 0) is 47.0 Å². The van der Waals surface area contributed by atoms with Gasteiger partial charge in [-0.1, -0.05) is 11.6 Å². The molecule has 1 aliphatic heterocycles. The molecule has 0 bridgehead atoms. The zero-order valence-corrected chi connectivity index (χ0v) is 18.4. The SMILES string of the molecule is Cl.N[C@@H]1CCCN(c2c(Br)cnc3[nH]cc(NC(=O)c4ccc(F)c(Cl)c4)c23)C1. The third-order valence-corrected chi connectivity index (χ3v) is 5.70. The summed E-state index contributed by atoms with van der Waals surface area (Å²) < 4.78 is 14.2. The van der Waals surface area contributed by atoms with E-state index in [0.717, 1.165) is 41.5 Å². The molecular weight excluding hydrogens is 484 g/mol. The van der Waals surface area contributed by atoms with Crippen LogP contribution >= 0.6 is 39.9 Å². The van der Waals surface area contributed by atoms with Crippen LogP contribution in [-0.4, -0.2) is 35.0 Å². The number of nitrogens with zero attached hydrogens (tertiary/aromatic N) is 2. The van der Waals surface area contributed by atoms with Crippen LogP contribution in [0.25, 0.3) is 11.0 Å². The highest BCUT2D eigenvalue weighted by Gasteiger charge is 2.24. The largest absolute Gasteiger partial charge is 0.368 e. The third-order valence-electron chi connectivity index (χ3n) is 4.83. The quantitative estimate of drug-likeness (QED) is 0.483. The van der Waals surface area contributed by atoms with E-state index in [9.17, 15) is 9.18 Å². The number of rotatable bonds is 3. The lowest BCUT2D eigenvalue weighted by atomic mass is 10.1. The number of piperidine rings is 1. The van der Waals surface area contributed by atoms with Gasteiger partial charge in [0.1, 0.15) is 11.5 Å². The second-order valence-electron chi connectivity index (χ2n) is 6.81. The molecule has 1 aromatic carbocycles. The molecule has 0 saturated carbocycles. The van der Waals surface area contributed by atoms with Gasteiger partial charge in [0, 0.05) is 37.1 Å². The van der Waals surface area contributed by atoms with Crippen molar-refractivity contribution in [1.29, 1.82) is 0 Å². The smallest absolute Gasteiger partial charge is 0.255 e. The number of pyridine rings is 1. The van der Waals surface area contributed by atoms with Crippen LogP contribution in [0.2, 0.25) is 5.02 Å². The van der Waals surface area contributed by atoms with Gasteiger partial charge in [-0.2, -0.15) is 0 Å². The highest BCUT2D eigenvalue weighted by Crippen LogP contribution is 2.39. The molecule has 2 aromatic heterocycles. The monoisotopic (exact) mass is 501 g/mol. The summed E-state index contributed by atoms with van der Waals surface area (Å²) in [6.45, 7) is 1.60. The van der Waals surface area contributed by atoms with Crippen molar-refractivity contribution in [3.05, 3.63) is 51.5 Å². The summed E-state index contributed by atoms with van der Waals surface area (Å²) in [5, 5.41) is 3.57. The van der Waals surface area contributed by atoms with Crippen molar-refractivity contribution >= 4 is 68.3 Å². The Bertz CT molecular complexity index is 1060. The zero-order chi connectivity index (χ0) is 19.8. The number of amides is 1. The molecule has 4 rings (SSSR count). The van der Waals surface area contributed by atoms with Crippen molar-refractivity contribution in [3.63, 3.8) is 0 Å². The molecule has 1 aliphatic rings. The Morgan fingerprint density at radius 1 is 1.45 bits per heavy atom. The molecule has 0 spiro atoms. The van der Waals surface area contributed by atoms with E-state index in [-0.39, 0.29) is 34.9 Å². The highest BCUT2D eigenvalue weighted by molar-refractivity contribution is 9.10. The van der Waals surface area contributed by atoms with E-state index in [1.54, 1.807) is 12.4 Å². The van der Waals surface area contributed by atoms with Gasteiger partial charge in [-0.3, -0.25) is 4.79 Å². The fourth-order valence-electron chi connectivity index (χ4n) is 3.51. The van der Waals surface area contributed by atoms with Crippen LogP contribution < -0.4 is 16.0 Å². The van der Waals surface area contributed by atoms with Crippen LogP contribution in [0.5, 0.6) is 0 Å². The van der Waals surface area contributed by atoms with E-state index in [2.05, 4.69) is 36.1 Å². The first-order chi connectivity index (χ1) is 13.4. The average molecular weight is 503 g/mol. The second-order valence-corrected chi connectivity index (χ2v) is 8.07. The topological polar surface area (TPSA) is 87.0 Å². The standard InChI is InChI=1S/C19H18BrClFN5O.ClH/c20-12-7-24-18-16(17(12)27-5-1-2-11(23)9-27)15(8-25-18)26-19(28)10-3-4-14(22)13(21)6-10;/h3-4,6-8,11H,1-2,5,9,23H2,(H,24,25)(H,26,28);1H/t11-;/m1./s1. The fraction of sp³-hybridized carbons (Fsp3) is 0.263. The Morgan fingerprint density at radius 3 is 2.97 bits per heavy atom. The number of aromatic nitrogens is 2. The Morgan fingerprint density at radius 2 is 2.24 bits per heavy atom. The first-order valence-corrected chi connectivity index (χ1v) is 10.0. The summed E-state index contributed by atoms with van der Waals surface area (Å²) in [5.41, 5.74) is 8.61. The number of carbonyl (C=O) groups is 1. The Balaban J connectivity index is 0.00000240. The maximum absolute atomic E-state index is 13.4. The number of hydrogen-bond donors (Lipinski definition) is 3. The minimum atomic E-state index is -0.567. The van der Waals surface area contributed by atoms with Crippen LogP contribution in [0.1, 0.15) is 23.2 Å². The number of halogens is 4. The predicted octanol–water partition coefficient (Wildman–Crippen LogP) is 4.72. The van der Waals surface area contributed by atoms with Crippen LogP contribution in [-0.2, 0) is 0 Å². The number of carbonyl (C=O) groups excluding carboxylic acids is 1. The van der Waals surface area contributed by atoms with E-state index in [1.807, 2.05) is 0 Å². The summed E-state index contributed by atoms with van der Waals surface area (Å²) >= 11 is 9.39. The van der Waals surface area contributed by atoms with E-state index in [0.29, 0.717) is 11.3 Å². The molecule has 3 aromatic rings. The van der Waals surface area contributed by atoms with E-state index in [4.69, 9.17) is 17.3 Å².